The number of fused-ring (bicyclic) bond motifs is 3. The number of pyridine rings is 1. The van der Waals surface area contributed by atoms with Gasteiger partial charge in [-0.1, -0.05) is 37.3 Å². The minimum atomic E-state index is 0.681. The van der Waals surface area contributed by atoms with Gasteiger partial charge in [0.2, 0.25) is 0 Å². The van der Waals surface area contributed by atoms with Gasteiger partial charge in [0.15, 0.2) is 17.1 Å². The number of hydrogen-bond acceptors (Lipinski definition) is 5. The number of nitrogens with zero attached hydrogens (tertiary/aromatic N) is 4. The summed E-state index contributed by atoms with van der Waals surface area (Å²) in [6, 6.07) is 22.9. The fourth-order valence-corrected chi connectivity index (χ4v) is 4.92. The van der Waals surface area contributed by atoms with Crippen molar-refractivity contribution in [2.24, 2.45) is 0 Å². The first-order valence-electron chi connectivity index (χ1n) is 12.5. The highest BCUT2D eigenvalue weighted by Crippen LogP contribution is 2.41. The van der Waals surface area contributed by atoms with Gasteiger partial charge in [0.05, 0.1) is 36.7 Å². The van der Waals surface area contributed by atoms with E-state index in [9.17, 15) is 0 Å². The van der Waals surface area contributed by atoms with Crippen LogP contribution in [0.4, 0.5) is 5.69 Å². The first-order valence-corrected chi connectivity index (χ1v) is 12.5. The van der Waals surface area contributed by atoms with Crippen LogP contribution < -0.4 is 14.4 Å². The predicted octanol–water partition coefficient (Wildman–Crippen LogP) is 6.67. The molecule has 5 aromatic rings. The zero-order valence-corrected chi connectivity index (χ0v) is 21.6. The van der Waals surface area contributed by atoms with Gasteiger partial charge in [0, 0.05) is 35.1 Å². The third-order valence-electron chi connectivity index (χ3n) is 6.80. The topological polar surface area (TPSA) is 52.4 Å². The number of para-hydroxylation sites is 1. The molecule has 0 aliphatic rings. The lowest BCUT2D eigenvalue weighted by Gasteiger charge is -2.21. The van der Waals surface area contributed by atoms with Gasteiger partial charge in [-0.2, -0.15) is 5.10 Å². The van der Waals surface area contributed by atoms with Gasteiger partial charge in [-0.15, -0.1) is 0 Å². The average molecular weight is 481 g/mol. The molecule has 3 aromatic carbocycles. The molecule has 6 heteroatoms. The normalized spacial score (nSPS) is 11.2. The Balaban J connectivity index is 1.85. The Bertz CT molecular complexity index is 1500. The van der Waals surface area contributed by atoms with Crippen LogP contribution in [0.3, 0.4) is 0 Å². The maximum atomic E-state index is 5.69. The molecular weight excluding hydrogens is 448 g/mol. The molecule has 6 nitrogen and oxygen atoms in total. The lowest BCUT2D eigenvalue weighted by molar-refractivity contribution is 0.356. The Hall–Kier alpha value is -4.06. The van der Waals surface area contributed by atoms with Crippen LogP contribution in [0.2, 0.25) is 0 Å². The summed E-state index contributed by atoms with van der Waals surface area (Å²) in [5.74, 6) is 1.37. The summed E-state index contributed by atoms with van der Waals surface area (Å²) in [5.41, 5.74) is 5.96. The molecular formula is C30H32N4O2. The standard InChI is InChI=1S/C30H32N4O2/c1-6-25-28-23-18-26(35-4)27(36-5)19-24(23)29(20-14-16-21(17-15-20)33(7-2)8-3)31-30(28)34(32-25)22-12-10-9-11-13-22/h9-19H,6-8H2,1-5H3. The second kappa shape index (κ2) is 9.90. The first kappa shape index (κ1) is 23.7. The second-order valence-electron chi connectivity index (χ2n) is 8.68. The molecule has 184 valence electrons. The SMILES string of the molecule is CCc1nn(-c2ccccc2)c2nc(-c3ccc(N(CC)CC)cc3)c3cc(OC)c(OC)cc3c12. The maximum absolute atomic E-state index is 5.69. The van der Waals surface area contributed by atoms with Gasteiger partial charge >= 0.3 is 0 Å². The molecule has 2 heterocycles. The van der Waals surface area contributed by atoms with Crippen molar-refractivity contribution in [1.82, 2.24) is 14.8 Å². The molecule has 0 aliphatic heterocycles. The van der Waals surface area contributed by atoms with Crippen LogP contribution in [0, 0.1) is 0 Å². The van der Waals surface area contributed by atoms with Gasteiger partial charge in [-0.25, -0.2) is 9.67 Å². The molecule has 0 radical (unpaired) electrons. The summed E-state index contributed by atoms with van der Waals surface area (Å²) >= 11 is 0. The molecule has 0 saturated heterocycles. The van der Waals surface area contributed by atoms with Gasteiger partial charge < -0.3 is 14.4 Å². The Morgan fingerprint density at radius 2 is 1.44 bits per heavy atom. The molecule has 0 spiro atoms. The van der Waals surface area contributed by atoms with E-state index in [1.54, 1.807) is 14.2 Å². The first-order chi connectivity index (χ1) is 17.6. The quantitative estimate of drug-likeness (QED) is 0.248. The summed E-state index contributed by atoms with van der Waals surface area (Å²) in [6.45, 7) is 8.42. The van der Waals surface area contributed by atoms with Crippen LogP contribution in [-0.2, 0) is 6.42 Å². The van der Waals surface area contributed by atoms with Gasteiger partial charge in [-0.05, 0) is 56.7 Å². The lowest BCUT2D eigenvalue weighted by Crippen LogP contribution is -2.21. The summed E-state index contributed by atoms with van der Waals surface area (Å²) in [5, 5.41) is 8.11. The Morgan fingerprint density at radius 3 is 2.03 bits per heavy atom. The molecule has 36 heavy (non-hydrogen) atoms. The van der Waals surface area contributed by atoms with Crippen molar-refractivity contribution in [3.8, 4) is 28.4 Å². The molecule has 2 aromatic heterocycles. The highest BCUT2D eigenvalue weighted by molar-refractivity contribution is 6.12. The molecule has 0 fully saturated rings. The molecule has 0 unspecified atom stereocenters. The van der Waals surface area contributed by atoms with E-state index < -0.39 is 0 Å². The van der Waals surface area contributed by atoms with E-state index in [2.05, 4.69) is 68.1 Å². The van der Waals surface area contributed by atoms with E-state index in [0.29, 0.717) is 11.5 Å². The van der Waals surface area contributed by atoms with E-state index in [4.69, 9.17) is 19.6 Å². The fourth-order valence-electron chi connectivity index (χ4n) is 4.92. The summed E-state index contributed by atoms with van der Waals surface area (Å²) in [7, 11) is 3.34. The molecule has 0 saturated carbocycles. The number of benzene rings is 3. The number of rotatable bonds is 8. The zero-order valence-electron chi connectivity index (χ0n) is 21.6. The average Bonchev–Trinajstić information content (AvgIpc) is 3.32. The largest absolute Gasteiger partial charge is 0.493 e. The molecule has 5 rings (SSSR count). The van der Waals surface area contributed by atoms with Crippen LogP contribution in [0.15, 0.2) is 66.7 Å². The van der Waals surface area contributed by atoms with Crippen LogP contribution >= 0.6 is 0 Å². The van der Waals surface area contributed by atoms with Crippen LogP contribution in [0.1, 0.15) is 26.5 Å². The predicted molar refractivity (Wildman–Crippen MR) is 148 cm³/mol. The number of aromatic nitrogens is 3. The zero-order chi connectivity index (χ0) is 25.2. The van der Waals surface area contributed by atoms with Crippen molar-refractivity contribution in [1.29, 1.82) is 0 Å². The summed E-state index contributed by atoms with van der Waals surface area (Å²) < 4.78 is 13.3. The lowest BCUT2D eigenvalue weighted by atomic mass is 9.99. The second-order valence-corrected chi connectivity index (χ2v) is 8.68. The molecule has 0 aliphatic carbocycles. The van der Waals surface area contributed by atoms with Crippen molar-refractivity contribution < 1.29 is 9.47 Å². The van der Waals surface area contributed by atoms with E-state index in [-0.39, 0.29) is 0 Å². The van der Waals surface area contributed by atoms with E-state index in [0.717, 1.165) is 64.0 Å². The van der Waals surface area contributed by atoms with E-state index in [1.165, 1.54) is 5.69 Å². The Morgan fingerprint density at radius 1 is 0.806 bits per heavy atom. The molecule has 0 N–H and O–H groups in total. The van der Waals surface area contributed by atoms with Crippen molar-refractivity contribution in [2.45, 2.75) is 27.2 Å². The summed E-state index contributed by atoms with van der Waals surface area (Å²) in [4.78, 5) is 7.59. The van der Waals surface area contributed by atoms with Gasteiger partial charge in [0.25, 0.3) is 0 Å². The van der Waals surface area contributed by atoms with Crippen LogP contribution in [0.5, 0.6) is 11.5 Å². The Labute approximate surface area is 212 Å². The van der Waals surface area contributed by atoms with Gasteiger partial charge in [-0.3, -0.25) is 0 Å². The highest BCUT2D eigenvalue weighted by Gasteiger charge is 2.21. The number of ether oxygens (including phenoxy) is 2. The van der Waals surface area contributed by atoms with Crippen LogP contribution in [0.25, 0.3) is 38.8 Å². The van der Waals surface area contributed by atoms with Crippen molar-refractivity contribution in [2.75, 3.05) is 32.2 Å². The summed E-state index contributed by atoms with van der Waals surface area (Å²) in [6.07, 6.45) is 0.791. The highest BCUT2D eigenvalue weighted by atomic mass is 16.5. The maximum Gasteiger partial charge on any atom is 0.164 e. The third-order valence-corrected chi connectivity index (χ3v) is 6.80. The van der Waals surface area contributed by atoms with E-state index in [1.807, 2.05) is 28.9 Å². The number of aryl methyl sites for hydroxylation is 1. The van der Waals surface area contributed by atoms with Crippen molar-refractivity contribution >= 4 is 27.5 Å². The molecule has 0 amide bonds. The van der Waals surface area contributed by atoms with Crippen molar-refractivity contribution in [3.05, 3.63) is 72.4 Å². The third kappa shape index (κ3) is 3.92. The van der Waals surface area contributed by atoms with E-state index >= 15 is 0 Å². The fraction of sp³-hybridized carbons (Fsp3) is 0.267. The Kier molecular flexibility index (Phi) is 6.51. The minimum absolute atomic E-state index is 0.681. The van der Waals surface area contributed by atoms with Gasteiger partial charge in [0.1, 0.15) is 0 Å². The minimum Gasteiger partial charge on any atom is -0.493 e. The smallest absolute Gasteiger partial charge is 0.164 e. The number of hydrogen-bond donors (Lipinski definition) is 0. The van der Waals surface area contributed by atoms with Crippen LogP contribution in [-0.4, -0.2) is 42.1 Å². The number of methoxy groups -OCH3 is 2. The molecule has 0 bridgehead atoms. The van der Waals surface area contributed by atoms with Crippen molar-refractivity contribution in [3.63, 3.8) is 0 Å². The molecule has 0 atom stereocenters. The monoisotopic (exact) mass is 480 g/mol. The number of anilines is 1.